The molecular weight excluding hydrogens is 489 g/mol. The number of methoxy groups -OCH3 is 2. The predicted octanol–water partition coefficient (Wildman–Crippen LogP) is 5.60. The lowest BCUT2D eigenvalue weighted by atomic mass is 10.1. The smallest absolute Gasteiger partial charge is 0.350 e. The van der Waals surface area contributed by atoms with Crippen LogP contribution in [0.1, 0.15) is 15.4 Å². The summed E-state index contributed by atoms with van der Waals surface area (Å²) >= 11 is 13.7. The number of aromatic hydroxyl groups is 1. The number of aryl methyl sites for hydroxylation is 1. The fourth-order valence-electron chi connectivity index (χ4n) is 3.10. The first-order valence-electron chi connectivity index (χ1n) is 9.46. The number of halogens is 2. The van der Waals surface area contributed by atoms with E-state index in [1.165, 1.54) is 20.3 Å². The monoisotopic (exact) mass is 505 g/mol. The molecule has 0 unspecified atom stereocenters. The van der Waals surface area contributed by atoms with Gasteiger partial charge in [-0.15, -0.1) is 0 Å². The highest BCUT2D eigenvalue weighted by molar-refractivity contribution is 7.17. The van der Waals surface area contributed by atoms with E-state index in [1.807, 2.05) is 0 Å². The van der Waals surface area contributed by atoms with Crippen LogP contribution in [0.3, 0.4) is 0 Å². The minimum Gasteiger partial charge on any atom is -0.504 e. The van der Waals surface area contributed by atoms with Gasteiger partial charge in [-0.05, 0) is 37.3 Å². The van der Waals surface area contributed by atoms with Gasteiger partial charge in [0.1, 0.15) is 10.6 Å². The molecule has 170 valence electrons. The van der Waals surface area contributed by atoms with Crippen molar-refractivity contribution in [3.05, 3.63) is 62.4 Å². The van der Waals surface area contributed by atoms with Crippen LogP contribution >= 0.6 is 34.5 Å². The number of aromatic nitrogens is 1. The van der Waals surface area contributed by atoms with Crippen molar-refractivity contribution < 1.29 is 23.8 Å². The molecule has 4 rings (SSSR count). The number of anilines is 1. The van der Waals surface area contributed by atoms with E-state index >= 15 is 0 Å². The largest absolute Gasteiger partial charge is 0.504 e. The molecule has 11 heteroatoms. The van der Waals surface area contributed by atoms with Gasteiger partial charge in [0.2, 0.25) is 5.13 Å². The summed E-state index contributed by atoms with van der Waals surface area (Å²) in [5, 5.41) is 16.5. The lowest BCUT2D eigenvalue weighted by Gasteiger charge is -2.09. The van der Waals surface area contributed by atoms with Gasteiger partial charge in [-0.1, -0.05) is 34.5 Å². The van der Waals surface area contributed by atoms with E-state index in [0.29, 0.717) is 53.4 Å². The average Bonchev–Trinajstić information content (AvgIpc) is 3.17. The zero-order valence-corrected chi connectivity index (χ0v) is 19.9. The van der Waals surface area contributed by atoms with Crippen LogP contribution in [0.25, 0.3) is 22.3 Å². The number of carbonyl (C=O) groups excluding carboxylic acids is 1. The average molecular weight is 506 g/mol. The van der Waals surface area contributed by atoms with Crippen molar-refractivity contribution in [2.45, 2.75) is 6.92 Å². The summed E-state index contributed by atoms with van der Waals surface area (Å²) in [6.45, 7) is 1.71. The number of nitrogens with one attached hydrogen (secondary N) is 1. The topological polar surface area (TPSA) is 106 Å². The predicted molar refractivity (Wildman–Crippen MR) is 127 cm³/mol. The van der Waals surface area contributed by atoms with Crippen LogP contribution in [0, 0.1) is 6.92 Å². The second-order valence-electron chi connectivity index (χ2n) is 6.80. The van der Waals surface area contributed by atoms with Crippen LogP contribution in [-0.2, 0) is 4.74 Å². The summed E-state index contributed by atoms with van der Waals surface area (Å²) in [4.78, 5) is 16.6. The molecule has 0 saturated heterocycles. The summed E-state index contributed by atoms with van der Waals surface area (Å²) in [6.07, 6.45) is 0. The first-order valence-corrected chi connectivity index (χ1v) is 11.0. The fourth-order valence-corrected chi connectivity index (χ4v) is 4.45. The van der Waals surface area contributed by atoms with Crippen LogP contribution in [0.4, 0.5) is 5.13 Å². The van der Waals surface area contributed by atoms with Gasteiger partial charge in [-0.25, -0.2) is 9.78 Å². The lowest BCUT2D eigenvalue weighted by molar-refractivity contribution is 0.0605. The number of benzene rings is 2. The standard InChI is InChI=1S/C22H17Cl2N3O5S/c1-10-20(21(29)31-3)33-22(25-10)27-26-15-9-17(11-4-5-16(28)18(6-11)30-2)32-19-13(15)7-12(23)8-14(19)24/h4-9,28H,1-3H3,(H,25,27). The van der Waals surface area contributed by atoms with Crippen molar-refractivity contribution in [3.8, 4) is 22.8 Å². The Balaban J connectivity index is 1.87. The van der Waals surface area contributed by atoms with Crippen molar-refractivity contribution >= 4 is 56.6 Å². The van der Waals surface area contributed by atoms with Gasteiger partial charge in [-0.3, -0.25) is 5.43 Å². The number of hydrogen-bond donors (Lipinski definition) is 2. The molecule has 8 nitrogen and oxygen atoms in total. The molecular formula is C22H17Cl2N3O5S. The quantitative estimate of drug-likeness (QED) is 0.268. The van der Waals surface area contributed by atoms with E-state index < -0.39 is 5.97 Å². The number of ether oxygens (including phenoxy) is 2. The molecule has 0 aliphatic rings. The maximum atomic E-state index is 11.9. The Kier molecular flexibility index (Phi) is 6.46. The minimum atomic E-state index is -0.468. The van der Waals surface area contributed by atoms with Crippen LogP contribution in [0.15, 0.2) is 45.9 Å². The Labute approximate surface area is 202 Å². The van der Waals surface area contributed by atoms with Crippen molar-refractivity contribution in [3.63, 3.8) is 0 Å². The molecule has 2 aromatic heterocycles. The molecule has 0 radical (unpaired) electrons. The van der Waals surface area contributed by atoms with Gasteiger partial charge >= 0.3 is 5.97 Å². The van der Waals surface area contributed by atoms with E-state index in [1.54, 1.807) is 37.3 Å². The number of hydrogen-bond acceptors (Lipinski definition) is 9. The fraction of sp³-hybridized carbons (Fsp3) is 0.136. The first kappa shape index (κ1) is 22.9. The lowest BCUT2D eigenvalue weighted by Crippen LogP contribution is -2.07. The van der Waals surface area contributed by atoms with Gasteiger partial charge in [0.25, 0.3) is 0 Å². The highest BCUT2D eigenvalue weighted by Crippen LogP contribution is 2.34. The third-order valence-electron chi connectivity index (χ3n) is 4.67. The maximum Gasteiger partial charge on any atom is 0.350 e. The third kappa shape index (κ3) is 4.61. The molecule has 33 heavy (non-hydrogen) atoms. The van der Waals surface area contributed by atoms with Crippen LogP contribution in [-0.4, -0.2) is 30.3 Å². The summed E-state index contributed by atoms with van der Waals surface area (Å²) in [7, 11) is 2.77. The van der Waals surface area contributed by atoms with Gasteiger partial charge in [-0.2, -0.15) is 5.10 Å². The van der Waals surface area contributed by atoms with Gasteiger partial charge < -0.3 is 19.0 Å². The normalized spacial score (nSPS) is 11.6. The Morgan fingerprint density at radius 1 is 1.21 bits per heavy atom. The van der Waals surface area contributed by atoms with Gasteiger partial charge in [0.05, 0.1) is 30.3 Å². The molecule has 2 heterocycles. The molecule has 2 N–H and O–H groups in total. The molecule has 0 saturated carbocycles. The van der Waals surface area contributed by atoms with Crippen molar-refractivity contribution in [2.24, 2.45) is 5.10 Å². The summed E-state index contributed by atoms with van der Waals surface area (Å²) in [5.74, 6) is 0.245. The summed E-state index contributed by atoms with van der Waals surface area (Å²) in [5.41, 5.74) is 4.41. The van der Waals surface area contributed by atoms with Crippen molar-refractivity contribution in [2.75, 3.05) is 19.6 Å². The molecule has 0 spiro atoms. The zero-order valence-electron chi connectivity index (χ0n) is 17.6. The molecule has 0 aliphatic carbocycles. The van der Waals surface area contributed by atoms with E-state index in [4.69, 9.17) is 37.1 Å². The molecule has 4 aromatic rings. The van der Waals surface area contributed by atoms with E-state index in [2.05, 4.69) is 15.5 Å². The van der Waals surface area contributed by atoms with E-state index in [-0.39, 0.29) is 11.5 Å². The number of rotatable bonds is 5. The Hall–Kier alpha value is -3.27. The molecule has 0 aliphatic heterocycles. The van der Waals surface area contributed by atoms with Crippen LogP contribution < -0.4 is 15.5 Å². The first-order chi connectivity index (χ1) is 15.8. The van der Waals surface area contributed by atoms with Gasteiger partial charge in [0.15, 0.2) is 17.1 Å². The second-order valence-corrected chi connectivity index (χ2v) is 8.64. The van der Waals surface area contributed by atoms with Gasteiger partial charge in [0, 0.05) is 22.0 Å². The molecule has 0 atom stereocenters. The summed E-state index contributed by atoms with van der Waals surface area (Å²) < 4.78 is 16.0. The number of carbonyl (C=O) groups is 1. The number of esters is 1. The summed E-state index contributed by atoms with van der Waals surface area (Å²) in [6, 6.07) is 9.75. The second kappa shape index (κ2) is 9.30. The number of nitrogens with zero attached hydrogens (tertiary/aromatic N) is 2. The highest BCUT2D eigenvalue weighted by atomic mass is 35.5. The van der Waals surface area contributed by atoms with E-state index in [0.717, 1.165) is 11.3 Å². The molecule has 2 aromatic carbocycles. The Morgan fingerprint density at radius 3 is 2.73 bits per heavy atom. The number of fused-ring (bicyclic) bond motifs is 1. The molecule has 0 fully saturated rings. The maximum absolute atomic E-state index is 11.9. The Bertz CT molecular complexity index is 1450. The highest BCUT2D eigenvalue weighted by Gasteiger charge is 2.16. The number of thiazole rings is 1. The zero-order chi connectivity index (χ0) is 23.7. The molecule has 0 amide bonds. The molecule has 0 bridgehead atoms. The van der Waals surface area contributed by atoms with Crippen molar-refractivity contribution in [1.29, 1.82) is 0 Å². The minimum absolute atomic E-state index is 0.000944. The van der Waals surface area contributed by atoms with Crippen LogP contribution in [0.5, 0.6) is 11.5 Å². The van der Waals surface area contributed by atoms with E-state index in [9.17, 15) is 9.90 Å². The Morgan fingerprint density at radius 2 is 2.00 bits per heavy atom. The number of phenols is 1. The third-order valence-corrected chi connectivity index (χ3v) is 6.21. The SMILES string of the molecule is COC(=O)c1sc(NN=c2cc(-c3ccc(O)c(OC)c3)oc3c(Cl)cc(Cl)cc23)nc1C. The number of phenolic OH excluding ortho intramolecular Hbond substituents is 1. The van der Waals surface area contributed by atoms with Crippen molar-refractivity contribution in [1.82, 2.24) is 4.98 Å². The van der Waals surface area contributed by atoms with Crippen LogP contribution in [0.2, 0.25) is 10.0 Å².